The van der Waals surface area contributed by atoms with E-state index in [1.807, 2.05) is 0 Å². The summed E-state index contributed by atoms with van der Waals surface area (Å²) in [7, 11) is 0. The number of nitrogens with zero attached hydrogens (tertiary/aromatic N) is 2. The van der Waals surface area contributed by atoms with Gasteiger partial charge in [-0.1, -0.05) is 6.07 Å². The first kappa shape index (κ1) is 21.6. The topological polar surface area (TPSA) is 96.0 Å². The van der Waals surface area contributed by atoms with Crippen LogP contribution in [0.4, 0.5) is 17.6 Å². The SMILES string of the molecule is CC(C)(NC(=O)C1CC(=O)NC(c2ncccn2)N1)c1ccc(C(F)(F)F)cc1F. The van der Waals surface area contributed by atoms with Crippen LogP contribution >= 0.6 is 0 Å². The van der Waals surface area contributed by atoms with Crippen LogP contribution in [0.5, 0.6) is 0 Å². The number of carbonyl (C=O) groups excluding carboxylic acids is 2. The van der Waals surface area contributed by atoms with E-state index >= 15 is 0 Å². The first-order valence-electron chi connectivity index (χ1n) is 8.99. The molecule has 1 saturated heterocycles. The Kier molecular flexibility index (Phi) is 5.75. The first-order valence-corrected chi connectivity index (χ1v) is 8.99. The Morgan fingerprint density at radius 2 is 1.87 bits per heavy atom. The monoisotopic (exact) mass is 425 g/mol. The molecule has 2 atom stereocenters. The van der Waals surface area contributed by atoms with E-state index in [1.165, 1.54) is 26.2 Å². The molecule has 0 aliphatic carbocycles. The zero-order valence-corrected chi connectivity index (χ0v) is 16.0. The van der Waals surface area contributed by atoms with Gasteiger partial charge in [0.1, 0.15) is 12.0 Å². The Morgan fingerprint density at radius 1 is 1.20 bits per heavy atom. The summed E-state index contributed by atoms with van der Waals surface area (Å²) in [5, 5.41) is 8.12. The Morgan fingerprint density at radius 3 is 2.47 bits per heavy atom. The van der Waals surface area contributed by atoms with Crippen molar-refractivity contribution in [3.05, 3.63) is 59.4 Å². The van der Waals surface area contributed by atoms with Gasteiger partial charge in [-0.05, 0) is 32.0 Å². The van der Waals surface area contributed by atoms with Crippen LogP contribution in [0.25, 0.3) is 0 Å². The van der Waals surface area contributed by atoms with Crippen molar-refractivity contribution < 1.29 is 27.2 Å². The van der Waals surface area contributed by atoms with Crippen molar-refractivity contribution in [1.29, 1.82) is 0 Å². The van der Waals surface area contributed by atoms with Gasteiger partial charge >= 0.3 is 6.18 Å². The van der Waals surface area contributed by atoms with Crippen LogP contribution in [0.2, 0.25) is 0 Å². The summed E-state index contributed by atoms with van der Waals surface area (Å²) >= 11 is 0. The molecule has 1 aliphatic rings. The minimum Gasteiger partial charge on any atom is -0.346 e. The number of aromatic nitrogens is 2. The third kappa shape index (κ3) is 4.73. The normalized spacial score (nSPS) is 19.9. The van der Waals surface area contributed by atoms with E-state index in [4.69, 9.17) is 0 Å². The van der Waals surface area contributed by atoms with Crippen LogP contribution in [-0.2, 0) is 21.3 Å². The third-order valence-corrected chi connectivity index (χ3v) is 4.63. The average molecular weight is 425 g/mol. The summed E-state index contributed by atoms with van der Waals surface area (Å²) < 4.78 is 52.7. The van der Waals surface area contributed by atoms with Crippen LogP contribution in [-0.4, -0.2) is 27.8 Å². The summed E-state index contributed by atoms with van der Waals surface area (Å²) in [4.78, 5) is 32.8. The maximum atomic E-state index is 14.4. The zero-order valence-electron chi connectivity index (χ0n) is 16.0. The molecule has 2 unspecified atom stereocenters. The van der Waals surface area contributed by atoms with Gasteiger partial charge in [-0.25, -0.2) is 14.4 Å². The van der Waals surface area contributed by atoms with E-state index in [1.54, 1.807) is 6.07 Å². The Bertz CT molecular complexity index is 950. The molecule has 2 heterocycles. The van der Waals surface area contributed by atoms with E-state index in [9.17, 15) is 27.2 Å². The molecule has 160 valence electrons. The highest BCUT2D eigenvalue weighted by Crippen LogP contribution is 2.32. The first-order chi connectivity index (χ1) is 14.0. The highest BCUT2D eigenvalue weighted by Gasteiger charge is 2.37. The van der Waals surface area contributed by atoms with Gasteiger partial charge in [0.2, 0.25) is 11.8 Å². The van der Waals surface area contributed by atoms with E-state index in [-0.39, 0.29) is 17.8 Å². The molecule has 1 fully saturated rings. The Labute approximate surface area is 169 Å². The van der Waals surface area contributed by atoms with Gasteiger partial charge in [-0.3, -0.25) is 14.9 Å². The van der Waals surface area contributed by atoms with Gasteiger partial charge in [0.05, 0.1) is 23.6 Å². The predicted molar refractivity (Wildman–Crippen MR) is 97.0 cm³/mol. The van der Waals surface area contributed by atoms with Crippen LogP contribution in [0, 0.1) is 5.82 Å². The lowest BCUT2D eigenvalue weighted by molar-refractivity contribution is -0.137. The summed E-state index contributed by atoms with van der Waals surface area (Å²) in [6, 6.07) is 2.75. The van der Waals surface area contributed by atoms with Gasteiger partial charge < -0.3 is 10.6 Å². The lowest BCUT2D eigenvalue weighted by Gasteiger charge is -2.33. The molecule has 2 amide bonds. The Balaban J connectivity index is 1.76. The quantitative estimate of drug-likeness (QED) is 0.653. The number of rotatable bonds is 4. The number of carbonyl (C=O) groups is 2. The highest BCUT2D eigenvalue weighted by molar-refractivity contribution is 5.90. The van der Waals surface area contributed by atoms with Crippen LogP contribution < -0.4 is 16.0 Å². The maximum absolute atomic E-state index is 14.4. The molecule has 30 heavy (non-hydrogen) atoms. The predicted octanol–water partition coefficient (Wildman–Crippen LogP) is 2.16. The Hall–Kier alpha value is -3.08. The molecule has 2 aromatic rings. The standard InChI is InChI=1S/C19H19F4N5O2/c1-18(2,11-5-4-10(8-12(11)20)19(21,22)23)28-17(30)13-9-14(29)27-16(26-13)15-24-6-3-7-25-15/h3-8,13,16,26H,9H2,1-2H3,(H,27,29)(H,28,30). The van der Waals surface area contributed by atoms with Crippen molar-refractivity contribution in [3.63, 3.8) is 0 Å². The van der Waals surface area contributed by atoms with Gasteiger partial charge in [-0.2, -0.15) is 13.2 Å². The molecular formula is C19H19F4N5O2. The second-order valence-electron chi connectivity index (χ2n) is 7.34. The minimum atomic E-state index is -4.68. The zero-order chi connectivity index (χ0) is 22.1. The van der Waals surface area contributed by atoms with Gasteiger partial charge in [0.15, 0.2) is 5.82 Å². The van der Waals surface area contributed by atoms with Gasteiger partial charge in [0.25, 0.3) is 0 Å². The largest absolute Gasteiger partial charge is 0.416 e. The van der Waals surface area contributed by atoms with Crippen molar-refractivity contribution >= 4 is 11.8 Å². The molecule has 1 aromatic carbocycles. The third-order valence-electron chi connectivity index (χ3n) is 4.63. The number of nitrogens with one attached hydrogen (secondary N) is 3. The fourth-order valence-electron chi connectivity index (χ4n) is 3.14. The molecular weight excluding hydrogens is 406 g/mol. The summed E-state index contributed by atoms with van der Waals surface area (Å²) in [6.45, 7) is 2.91. The molecule has 0 radical (unpaired) electrons. The van der Waals surface area contributed by atoms with Crippen molar-refractivity contribution in [2.24, 2.45) is 0 Å². The fourth-order valence-corrected chi connectivity index (χ4v) is 3.14. The fraction of sp³-hybridized carbons (Fsp3) is 0.368. The molecule has 7 nitrogen and oxygen atoms in total. The molecule has 0 saturated carbocycles. The number of halogens is 4. The average Bonchev–Trinajstić information content (AvgIpc) is 2.67. The van der Waals surface area contributed by atoms with Gasteiger partial charge in [-0.15, -0.1) is 0 Å². The molecule has 1 aromatic heterocycles. The maximum Gasteiger partial charge on any atom is 0.416 e. The molecule has 0 bridgehead atoms. The second kappa shape index (κ2) is 7.98. The summed E-state index contributed by atoms with van der Waals surface area (Å²) in [6.07, 6.45) is -2.69. The molecule has 3 rings (SSSR count). The lowest BCUT2D eigenvalue weighted by atomic mass is 9.92. The van der Waals surface area contributed by atoms with E-state index in [2.05, 4.69) is 25.9 Å². The second-order valence-corrected chi connectivity index (χ2v) is 7.34. The van der Waals surface area contributed by atoms with E-state index in [0.717, 1.165) is 12.1 Å². The lowest BCUT2D eigenvalue weighted by Crippen LogP contribution is -2.58. The number of benzene rings is 1. The minimum absolute atomic E-state index is 0.118. The van der Waals surface area contributed by atoms with Crippen molar-refractivity contribution in [2.75, 3.05) is 0 Å². The van der Waals surface area contributed by atoms with E-state index < -0.39 is 47.1 Å². The van der Waals surface area contributed by atoms with Crippen molar-refractivity contribution in [3.8, 4) is 0 Å². The number of hydrogen-bond donors (Lipinski definition) is 3. The number of amides is 2. The highest BCUT2D eigenvalue weighted by atomic mass is 19.4. The van der Waals surface area contributed by atoms with Crippen molar-refractivity contribution in [1.82, 2.24) is 25.9 Å². The summed E-state index contributed by atoms with van der Waals surface area (Å²) in [5.41, 5.74) is -2.58. The molecule has 11 heteroatoms. The number of hydrogen-bond acceptors (Lipinski definition) is 5. The van der Waals surface area contributed by atoms with Gasteiger partial charge in [0, 0.05) is 18.0 Å². The number of alkyl halides is 3. The molecule has 1 aliphatic heterocycles. The van der Waals surface area contributed by atoms with Crippen LogP contribution in [0.3, 0.4) is 0 Å². The van der Waals surface area contributed by atoms with Crippen molar-refractivity contribution in [2.45, 2.75) is 44.2 Å². The smallest absolute Gasteiger partial charge is 0.346 e. The molecule has 0 spiro atoms. The molecule has 3 N–H and O–H groups in total. The van der Waals surface area contributed by atoms with Crippen LogP contribution in [0.1, 0.15) is 43.4 Å². The van der Waals surface area contributed by atoms with Crippen LogP contribution in [0.15, 0.2) is 36.7 Å². The summed E-state index contributed by atoms with van der Waals surface area (Å²) in [5.74, 6) is -1.86. The van der Waals surface area contributed by atoms with E-state index in [0.29, 0.717) is 6.07 Å².